The van der Waals surface area contributed by atoms with E-state index in [2.05, 4.69) is 76.4 Å². The Kier molecular flexibility index (Phi) is 9.82. The molecule has 0 radical (unpaired) electrons. The number of methoxy groups -OCH3 is 2. The van der Waals surface area contributed by atoms with Crippen LogP contribution in [-0.2, 0) is 18.7 Å². The fourth-order valence-corrected chi connectivity index (χ4v) is 3.96. The number of ether oxygens (including phenoxy) is 2. The van der Waals surface area contributed by atoms with Crippen molar-refractivity contribution in [3.63, 3.8) is 0 Å². The van der Waals surface area contributed by atoms with Crippen molar-refractivity contribution >= 4 is 36.9 Å². The number of carbonyl (C=O) groups is 1. The van der Waals surface area contributed by atoms with Gasteiger partial charge in [-0.25, -0.2) is 4.79 Å². The second kappa shape index (κ2) is 9.96. The van der Waals surface area contributed by atoms with Gasteiger partial charge in [-0.3, -0.25) is 0 Å². The molecule has 4 nitrogen and oxygen atoms in total. The van der Waals surface area contributed by atoms with Crippen LogP contribution < -0.4 is 0 Å². The second-order valence-electron chi connectivity index (χ2n) is 7.53. The highest BCUT2D eigenvalue weighted by Crippen LogP contribution is 2.39. The van der Waals surface area contributed by atoms with Gasteiger partial charge in [-0.2, -0.15) is 0 Å². The van der Waals surface area contributed by atoms with Gasteiger partial charge in [0.25, 0.3) is 0 Å². The highest BCUT2D eigenvalue weighted by atomic mass is 127. The first-order valence-electron chi connectivity index (χ1n) is 8.20. The van der Waals surface area contributed by atoms with Crippen molar-refractivity contribution < 1.29 is 18.7 Å². The lowest BCUT2D eigenvalue weighted by Crippen LogP contribution is -2.45. The van der Waals surface area contributed by atoms with Crippen molar-refractivity contribution in [2.24, 2.45) is 5.92 Å². The molecule has 0 bridgehead atoms. The Morgan fingerprint density at radius 2 is 1.75 bits per heavy atom. The summed E-state index contributed by atoms with van der Waals surface area (Å²) in [6.07, 6.45) is 4.57. The molecule has 0 aliphatic heterocycles. The number of hydrogen-bond donors (Lipinski definition) is 0. The van der Waals surface area contributed by atoms with Gasteiger partial charge >= 0.3 is 5.97 Å². The topological polar surface area (TPSA) is 44.8 Å². The minimum Gasteiger partial charge on any atom is -0.490 e. The molecule has 0 aliphatic rings. The van der Waals surface area contributed by atoms with Crippen molar-refractivity contribution in [3.8, 4) is 0 Å². The first-order chi connectivity index (χ1) is 10.9. The van der Waals surface area contributed by atoms with E-state index in [0.717, 1.165) is 0 Å². The van der Waals surface area contributed by atoms with Crippen LogP contribution in [0.25, 0.3) is 0 Å². The molecule has 0 aliphatic carbocycles. The fourth-order valence-electron chi connectivity index (χ4n) is 1.97. The van der Waals surface area contributed by atoms with Crippen LogP contribution in [0.3, 0.4) is 0 Å². The summed E-state index contributed by atoms with van der Waals surface area (Å²) in [6, 6.07) is 0. The van der Waals surface area contributed by atoms with Crippen molar-refractivity contribution in [3.05, 3.63) is 21.5 Å². The molecule has 24 heavy (non-hydrogen) atoms. The summed E-state index contributed by atoms with van der Waals surface area (Å²) >= 11 is 2.31. The predicted octanol–water partition coefficient (Wildman–Crippen LogP) is 5.45. The van der Waals surface area contributed by atoms with Gasteiger partial charge in [0.15, 0.2) is 14.1 Å². The standard InChI is InChI=1S/C18H33IO4Si/c1-13(12-14(2)19)15(23-24(8,9)18(3,4)5)10-11-16(21-6)17(20)22-7/h11-13,15H,10H2,1-9H3/t13-,15-/m0/s1. The van der Waals surface area contributed by atoms with Crippen LogP contribution in [0, 0.1) is 5.92 Å². The first-order valence-corrected chi connectivity index (χ1v) is 12.2. The lowest BCUT2D eigenvalue weighted by atomic mass is 10.0. The van der Waals surface area contributed by atoms with Crippen LogP contribution in [0.1, 0.15) is 41.0 Å². The molecular weight excluding hydrogens is 435 g/mol. The highest BCUT2D eigenvalue weighted by molar-refractivity contribution is 14.1. The zero-order chi connectivity index (χ0) is 19.1. The molecule has 0 aromatic rings. The third-order valence-electron chi connectivity index (χ3n) is 4.47. The van der Waals surface area contributed by atoms with Gasteiger partial charge in [-0.05, 0) is 63.7 Å². The van der Waals surface area contributed by atoms with Crippen molar-refractivity contribution in [1.82, 2.24) is 0 Å². The van der Waals surface area contributed by atoms with E-state index in [1.807, 2.05) is 0 Å². The summed E-state index contributed by atoms with van der Waals surface area (Å²) in [6.45, 7) is 15.4. The van der Waals surface area contributed by atoms with Crippen LogP contribution in [0.4, 0.5) is 0 Å². The Bertz CT molecular complexity index is 474. The average Bonchev–Trinajstić information content (AvgIpc) is 2.43. The predicted molar refractivity (Wildman–Crippen MR) is 111 cm³/mol. The number of carbonyl (C=O) groups excluding carboxylic acids is 1. The third kappa shape index (κ3) is 7.69. The molecule has 0 saturated heterocycles. The zero-order valence-corrected chi connectivity index (χ0v) is 19.7. The van der Waals surface area contributed by atoms with E-state index in [1.54, 1.807) is 6.08 Å². The Hall–Kier alpha value is -0.343. The van der Waals surface area contributed by atoms with Crippen LogP contribution in [0.15, 0.2) is 21.5 Å². The monoisotopic (exact) mass is 468 g/mol. The molecule has 0 fully saturated rings. The summed E-state index contributed by atoms with van der Waals surface area (Å²) in [7, 11) is 0.910. The van der Waals surface area contributed by atoms with E-state index in [9.17, 15) is 4.79 Å². The smallest absolute Gasteiger partial charge is 0.372 e. The van der Waals surface area contributed by atoms with Gasteiger partial charge in [0.05, 0.1) is 20.3 Å². The number of halogens is 1. The van der Waals surface area contributed by atoms with Crippen molar-refractivity contribution in [1.29, 1.82) is 0 Å². The number of hydrogen-bond acceptors (Lipinski definition) is 4. The van der Waals surface area contributed by atoms with Gasteiger partial charge in [0.1, 0.15) is 0 Å². The van der Waals surface area contributed by atoms with Crippen LogP contribution in [0.5, 0.6) is 0 Å². The van der Waals surface area contributed by atoms with Crippen LogP contribution in [0.2, 0.25) is 18.1 Å². The molecule has 140 valence electrons. The van der Waals surface area contributed by atoms with E-state index < -0.39 is 14.3 Å². The molecule has 0 saturated carbocycles. The maximum absolute atomic E-state index is 11.7. The number of rotatable bonds is 8. The summed E-state index contributed by atoms with van der Waals surface area (Å²) in [5, 5.41) is 0.129. The van der Waals surface area contributed by atoms with E-state index in [1.165, 1.54) is 17.8 Å². The van der Waals surface area contributed by atoms with Crippen molar-refractivity contribution in [2.45, 2.75) is 65.3 Å². The molecule has 0 aromatic carbocycles. The van der Waals surface area contributed by atoms with Gasteiger partial charge in [-0.1, -0.05) is 33.8 Å². The summed E-state index contributed by atoms with van der Waals surface area (Å²) < 4.78 is 17.7. The quantitative estimate of drug-likeness (QED) is 0.156. The lowest BCUT2D eigenvalue weighted by Gasteiger charge is -2.40. The van der Waals surface area contributed by atoms with E-state index in [-0.39, 0.29) is 22.8 Å². The minimum absolute atomic E-state index is 0.00888. The molecule has 2 atom stereocenters. The molecule has 0 unspecified atom stereocenters. The molecule has 0 heterocycles. The first kappa shape index (κ1) is 23.7. The van der Waals surface area contributed by atoms with E-state index >= 15 is 0 Å². The average molecular weight is 468 g/mol. The molecule has 0 N–H and O–H groups in total. The van der Waals surface area contributed by atoms with Gasteiger partial charge in [0.2, 0.25) is 0 Å². The zero-order valence-electron chi connectivity index (χ0n) is 16.5. The summed E-state index contributed by atoms with van der Waals surface area (Å²) in [5.41, 5.74) is 0. The fraction of sp³-hybridized carbons (Fsp3) is 0.722. The van der Waals surface area contributed by atoms with E-state index in [0.29, 0.717) is 6.42 Å². The number of allylic oxidation sites excluding steroid dienone is 1. The van der Waals surface area contributed by atoms with E-state index in [4.69, 9.17) is 13.9 Å². The van der Waals surface area contributed by atoms with Crippen LogP contribution in [-0.4, -0.2) is 34.6 Å². The Morgan fingerprint density at radius 1 is 1.21 bits per heavy atom. The van der Waals surface area contributed by atoms with Gasteiger partial charge in [-0.15, -0.1) is 0 Å². The summed E-state index contributed by atoms with van der Waals surface area (Å²) in [5.74, 6) is 0.00331. The number of esters is 1. The minimum atomic E-state index is -1.92. The SMILES string of the molecule is COC(=O)C(=CC[C@H](O[Si](C)(C)C(C)(C)C)[C@@H](C)C=C(C)I)OC. The Balaban J connectivity index is 5.47. The second-order valence-corrected chi connectivity index (χ2v) is 14.0. The lowest BCUT2D eigenvalue weighted by molar-refractivity contribution is -0.139. The molecule has 0 aromatic heterocycles. The summed E-state index contributed by atoms with van der Waals surface area (Å²) in [4.78, 5) is 11.7. The maximum atomic E-state index is 11.7. The normalized spacial score (nSPS) is 16.6. The van der Waals surface area contributed by atoms with Crippen LogP contribution >= 0.6 is 22.6 Å². The third-order valence-corrected chi connectivity index (χ3v) is 9.34. The molecule has 6 heteroatoms. The molecule has 0 rings (SSSR count). The van der Waals surface area contributed by atoms with Gasteiger partial charge in [0, 0.05) is 5.92 Å². The Labute approximate surface area is 162 Å². The molecule has 0 spiro atoms. The van der Waals surface area contributed by atoms with Crippen molar-refractivity contribution in [2.75, 3.05) is 14.2 Å². The molecule has 0 amide bonds. The Morgan fingerprint density at radius 3 is 2.12 bits per heavy atom. The maximum Gasteiger partial charge on any atom is 0.372 e. The largest absolute Gasteiger partial charge is 0.490 e. The van der Waals surface area contributed by atoms with Gasteiger partial charge < -0.3 is 13.9 Å². The molecular formula is C18H33IO4Si. The highest BCUT2D eigenvalue weighted by Gasteiger charge is 2.39.